The number of benzene rings is 1. The highest BCUT2D eigenvalue weighted by atomic mass is 16.5. The number of ketones is 1. The normalized spacial score (nSPS) is 10.5. The Labute approximate surface area is 97.6 Å². The van der Waals surface area contributed by atoms with Crippen molar-refractivity contribution in [3.63, 3.8) is 0 Å². The van der Waals surface area contributed by atoms with Crippen molar-refractivity contribution < 1.29 is 9.53 Å². The smallest absolute Gasteiger partial charge is 0.163 e. The van der Waals surface area contributed by atoms with E-state index in [0.717, 1.165) is 17.7 Å². The van der Waals surface area contributed by atoms with Crippen LogP contribution in [0.15, 0.2) is 24.3 Å². The van der Waals surface area contributed by atoms with Crippen molar-refractivity contribution in [2.75, 3.05) is 6.61 Å². The molecule has 0 atom stereocenters. The van der Waals surface area contributed by atoms with Crippen LogP contribution in [0.1, 0.15) is 44.0 Å². The molecule has 0 saturated carbocycles. The third-order valence-corrected chi connectivity index (χ3v) is 2.22. The zero-order valence-electron chi connectivity index (χ0n) is 10.3. The van der Waals surface area contributed by atoms with Gasteiger partial charge >= 0.3 is 0 Å². The van der Waals surface area contributed by atoms with Gasteiger partial charge in [-0.15, -0.1) is 0 Å². The second-order valence-electron chi connectivity index (χ2n) is 4.40. The summed E-state index contributed by atoms with van der Waals surface area (Å²) in [5.74, 6) is 1.38. The minimum absolute atomic E-state index is 0.192. The molecule has 0 aromatic heterocycles. The summed E-state index contributed by atoms with van der Waals surface area (Å²) in [5.41, 5.74) is 0.752. The molecule has 1 rings (SSSR count). The van der Waals surface area contributed by atoms with Crippen LogP contribution in [0.2, 0.25) is 0 Å². The maximum atomic E-state index is 11.8. The minimum atomic E-state index is 0.192. The summed E-state index contributed by atoms with van der Waals surface area (Å²) in [5, 5.41) is 0. The molecule has 1 aromatic carbocycles. The molecule has 88 valence electrons. The zero-order valence-corrected chi connectivity index (χ0v) is 10.3. The van der Waals surface area contributed by atoms with Gasteiger partial charge in [0.15, 0.2) is 5.78 Å². The van der Waals surface area contributed by atoms with Crippen LogP contribution >= 0.6 is 0 Å². The fraction of sp³-hybridized carbons (Fsp3) is 0.500. The molecule has 0 heterocycles. The summed E-state index contributed by atoms with van der Waals surface area (Å²) >= 11 is 0. The van der Waals surface area contributed by atoms with E-state index in [1.165, 1.54) is 0 Å². The molecule has 1 aromatic rings. The van der Waals surface area contributed by atoms with Gasteiger partial charge in [-0.3, -0.25) is 4.79 Å². The van der Waals surface area contributed by atoms with Gasteiger partial charge in [-0.2, -0.15) is 0 Å². The van der Waals surface area contributed by atoms with Gasteiger partial charge in [-0.05, 0) is 24.5 Å². The number of hydrogen-bond acceptors (Lipinski definition) is 2. The van der Waals surface area contributed by atoms with E-state index >= 15 is 0 Å². The fourth-order valence-corrected chi connectivity index (χ4v) is 1.47. The maximum absolute atomic E-state index is 11.8. The van der Waals surface area contributed by atoms with Crippen LogP contribution in [0.25, 0.3) is 0 Å². The van der Waals surface area contributed by atoms with Gasteiger partial charge < -0.3 is 4.74 Å². The molecule has 0 radical (unpaired) electrons. The van der Waals surface area contributed by atoms with Crippen molar-refractivity contribution in [3.05, 3.63) is 29.8 Å². The summed E-state index contributed by atoms with van der Waals surface area (Å²) in [4.78, 5) is 11.8. The first kappa shape index (κ1) is 12.8. The van der Waals surface area contributed by atoms with E-state index in [4.69, 9.17) is 4.74 Å². The Bertz CT molecular complexity index is 342. The van der Waals surface area contributed by atoms with Crippen LogP contribution in [0.5, 0.6) is 5.75 Å². The summed E-state index contributed by atoms with van der Waals surface area (Å²) in [7, 11) is 0. The SMILES string of the molecule is CCCOc1cccc(C(=O)CC(C)C)c1. The van der Waals surface area contributed by atoms with E-state index < -0.39 is 0 Å². The molecular weight excluding hydrogens is 200 g/mol. The molecule has 0 bridgehead atoms. The summed E-state index contributed by atoms with van der Waals surface area (Å²) in [6, 6.07) is 7.45. The molecule has 0 spiro atoms. The predicted molar refractivity (Wildman–Crippen MR) is 66.0 cm³/mol. The van der Waals surface area contributed by atoms with Gasteiger partial charge in [0.05, 0.1) is 6.61 Å². The highest BCUT2D eigenvalue weighted by Crippen LogP contribution is 2.16. The quantitative estimate of drug-likeness (QED) is 0.683. The molecule has 0 N–H and O–H groups in total. The lowest BCUT2D eigenvalue weighted by Gasteiger charge is -2.07. The highest BCUT2D eigenvalue weighted by molar-refractivity contribution is 5.96. The topological polar surface area (TPSA) is 26.3 Å². The Kier molecular flexibility index (Phi) is 5.03. The molecule has 0 fully saturated rings. The monoisotopic (exact) mass is 220 g/mol. The summed E-state index contributed by atoms with van der Waals surface area (Å²) < 4.78 is 5.50. The van der Waals surface area contributed by atoms with E-state index in [1.807, 2.05) is 24.3 Å². The lowest BCUT2D eigenvalue weighted by molar-refractivity contribution is 0.0967. The lowest BCUT2D eigenvalue weighted by atomic mass is 10.0. The Morgan fingerprint density at radius 2 is 2.12 bits per heavy atom. The largest absolute Gasteiger partial charge is 0.494 e. The first-order chi connectivity index (χ1) is 7.63. The molecule has 0 aliphatic rings. The molecule has 0 saturated heterocycles. The molecule has 16 heavy (non-hydrogen) atoms. The number of hydrogen-bond donors (Lipinski definition) is 0. The third-order valence-electron chi connectivity index (χ3n) is 2.22. The van der Waals surface area contributed by atoms with Crippen LogP contribution < -0.4 is 4.74 Å². The van der Waals surface area contributed by atoms with Gasteiger partial charge in [0.2, 0.25) is 0 Å². The Balaban J connectivity index is 2.69. The molecule has 0 unspecified atom stereocenters. The molecule has 0 aliphatic heterocycles. The summed E-state index contributed by atoms with van der Waals surface area (Å²) in [6.07, 6.45) is 1.57. The standard InChI is InChI=1S/C14H20O2/c1-4-8-16-13-7-5-6-12(10-13)14(15)9-11(2)3/h5-7,10-11H,4,8-9H2,1-3H3. The van der Waals surface area contributed by atoms with Crippen LogP contribution in [-0.2, 0) is 0 Å². The molecule has 0 amide bonds. The van der Waals surface area contributed by atoms with Crippen molar-refractivity contribution in [1.82, 2.24) is 0 Å². The number of carbonyl (C=O) groups excluding carboxylic acids is 1. The van der Waals surface area contributed by atoms with Crippen LogP contribution in [0, 0.1) is 5.92 Å². The van der Waals surface area contributed by atoms with Gasteiger partial charge in [0, 0.05) is 12.0 Å². The van der Waals surface area contributed by atoms with E-state index in [9.17, 15) is 4.79 Å². The second-order valence-corrected chi connectivity index (χ2v) is 4.40. The predicted octanol–water partition coefficient (Wildman–Crippen LogP) is 3.70. The number of Topliss-reactive ketones (excluding diaryl/α,β-unsaturated/α-hetero) is 1. The van der Waals surface area contributed by atoms with E-state index in [-0.39, 0.29) is 5.78 Å². The zero-order chi connectivity index (χ0) is 12.0. The van der Waals surface area contributed by atoms with Crippen molar-refractivity contribution in [2.45, 2.75) is 33.6 Å². The van der Waals surface area contributed by atoms with Crippen LogP contribution in [0.4, 0.5) is 0 Å². The number of ether oxygens (including phenoxy) is 1. The molecule has 2 heteroatoms. The summed E-state index contributed by atoms with van der Waals surface area (Å²) in [6.45, 7) is 6.86. The molecule has 2 nitrogen and oxygen atoms in total. The Morgan fingerprint density at radius 3 is 2.75 bits per heavy atom. The van der Waals surface area contributed by atoms with Gasteiger partial charge in [0.1, 0.15) is 5.75 Å². The van der Waals surface area contributed by atoms with Gasteiger partial charge in [-0.1, -0.05) is 32.9 Å². The fourth-order valence-electron chi connectivity index (χ4n) is 1.47. The number of rotatable bonds is 6. The van der Waals surface area contributed by atoms with E-state index in [2.05, 4.69) is 20.8 Å². The number of carbonyl (C=O) groups is 1. The average molecular weight is 220 g/mol. The van der Waals surface area contributed by atoms with E-state index in [0.29, 0.717) is 18.9 Å². The average Bonchev–Trinajstić information content (AvgIpc) is 2.26. The highest BCUT2D eigenvalue weighted by Gasteiger charge is 2.08. The maximum Gasteiger partial charge on any atom is 0.163 e. The van der Waals surface area contributed by atoms with Crippen LogP contribution in [0.3, 0.4) is 0 Å². The third kappa shape index (κ3) is 4.05. The van der Waals surface area contributed by atoms with Crippen molar-refractivity contribution >= 4 is 5.78 Å². The first-order valence-electron chi connectivity index (χ1n) is 5.89. The van der Waals surface area contributed by atoms with Crippen molar-refractivity contribution in [3.8, 4) is 5.75 Å². The molecule has 0 aliphatic carbocycles. The van der Waals surface area contributed by atoms with Crippen molar-refractivity contribution in [2.24, 2.45) is 5.92 Å². The van der Waals surface area contributed by atoms with Crippen LogP contribution in [-0.4, -0.2) is 12.4 Å². The van der Waals surface area contributed by atoms with Gasteiger partial charge in [0.25, 0.3) is 0 Å². The van der Waals surface area contributed by atoms with Crippen molar-refractivity contribution in [1.29, 1.82) is 0 Å². The first-order valence-corrected chi connectivity index (χ1v) is 5.89. The lowest BCUT2D eigenvalue weighted by Crippen LogP contribution is -2.04. The van der Waals surface area contributed by atoms with Gasteiger partial charge in [-0.25, -0.2) is 0 Å². The van der Waals surface area contributed by atoms with E-state index in [1.54, 1.807) is 0 Å². The Hall–Kier alpha value is -1.31. The second kappa shape index (κ2) is 6.31. The Morgan fingerprint density at radius 1 is 1.38 bits per heavy atom. The minimum Gasteiger partial charge on any atom is -0.494 e. The molecular formula is C14H20O2.